The minimum atomic E-state index is -0.157. The number of carbonyl (C=O) groups excluding carboxylic acids is 2. The van der Waals surface area contributed by atoms with Crippen LogP contribution >= 0.6 is 15.9 Å². The van der Waals surface area contributed by atoms with Crippen LogP contribution in [0.15, 0.2) is 45.5 Å². The van der Waals surface area contributed by atoms with Crippen LogP contribution in [0, 0.1) is 6.92 Å². The van der Waals surface area contributed by atoms with Gasteiger partial charge in [-0.1, -0.05) is 22.0 Å². The summed E-state index contributed by atoms with van der Waals surface area (Å²) in [4.78, 5) is 28.0. The highest BCUT2D eigenvalue weighted by atomic mass is 79.9. The molecule has 1 aliphatic heterocycles. The summed E-state index contributed by atoms with van der Waals surface area (Å²) < 4.78 is 6.09. The maximum atomic E-state index is 12.3. The van der Waals surface area contributed by atoms with Gasteiger partial charge in [0.25, 0.3) is 5.91 Å². The molecule has 0 atom stereocenters. The Balaban J connectivity index is 1.55. The van der Waals surface area contributed by atoms with Crippen LogP contribution in [0.2, 0.25) is 0 Å². The molecule has 0 radical (unpaired) electrons. The Bertz CT molecular complexity index is 738. The Morgan fingerprint density at radius 3 is 2.46 bits per heavy atom. The van der Waals surface area contributed by atoms with Gasteiger partial charge in [-0.3, -0.25) is 4.79 Å². The van der Waals surface area contributed by atoms with E-state index in [-0.39, 0.29) is 11.9 Å². The quantitative estimate of drug-likeness (QED) is 0.853. The first kappa shape index (κ1) is 16.6. The van der Waals surface area contributed by atoms with Gasteiger partial charge in [-0.15, -0.1) is 0 Å². The molecule has 2 aromatic rings. The Morgan fingerprint density at radius 2 is 1.83 bits per heavy atom. The summed E-state index contributed by atoms with van der Waals surface area (Å²) in [6, 6.07) is 8.88. The SMILES string of the molecule is Cc1ccc(NC(=O)N2CCN(C(=O)c3ccco3)CC2)cc1Br. The topological polar surface area (TPSA) is 65.8 Å². The minimum absolute atomic E-state index is 0.137. The van der Waals surface area contributed by atoms with Crippen LogP contribution < -0.4 is 5.32 Å². The predicted molar refractivity (Wildman–Crippen MR) is 94.1 cm³/mol. The van der Waals surface area contributed by atoms with Gasteiger partial charge in [0.2, 0.25) is 0 Å². The molecule has 3 amide bonds. The average molecular weight is 392 g/mol. The van der Waals surface area contributed by atoms with E-state index in [1.165, 1.54) is 6.26 Å². The zero-order valence-corrected chi connectivity index (χ0v) is 14.9. The van der Waals surface area contributed by atoms with Gasteiger partial charge in [0, 0.05) is 36.3 Å². The number of furan rings is 1. The first-order valence-electron chi connectivity index (χ1n) is 7.69. The third-order valence-electron chi connectivity index (χ3n) is 4.01. The minimum Gasteiger partial charge on any atom is -0.459 e. The third-order valence-corrected chi connectivity index (χ3v) is 4.86. The number of rotatable bonds is 2. The molecule has 2 heterocycles. The number of anilines is 1. The fourth-order valence-electron chi connectivity index (χ4n) is 2.54. The lowest BCUT2D eigenvalue weighted by atomic mass is 10.2. The second kappa shape index (κ2) is 7.09. The summed E-state index contributed by atoms with van der Waals surface area (Å²) in [7, 11) is 0. The van der Waals surface area contributed by atoms with Crippen LogP contribution in [0.25, 0.3) is 0 Å². The molecule has 7 heteroatoms. The van der Waals surface area contributed by atoms with E-state index in [1.807, 2.05) is 25.1 Å². The molecule has 1 aliphatic rings. The molecule has 0 spiro atoms. The molecule has 0 aliphatic carbocycles. The number of aryl methyl sites for hydroxylation is 1. The van der Waals surface area contributed by atoms with Gasteiger partial charge in [-0.2, -0.15) is 0 Å². The highest BCUT2D eigenvalue weighted by Gasteiger charge is 2.26. The number of nitrogens with one attached hydrogen (secondary N) is 1. The lowest BCUT2D eigenvalue weighted by Crippen LogP contribution is -2.51. The van der Waals surface area contributed by atoms with Gasteiger partial charge in [0.05, 0.1) is 6.26 Å². The molecule has 1 fully saturated rings. The molecule has 1 aromatic carbocycles. The zero-order chi connectivity index (χ0) is 17.1. The van der Waals surface area contributed by atoms with E-state index in [4.69, 9.17) is 4.42 Å². The number of hydrogen-bond acceptors (Lipinski definition) is 3. The van der Waals surface area contributed by atoms with Gasteiger partial charge in [0.1, 0.15) is 0 Å². The van der Waals surface area contributed by atoms with Crippen LogP contribution in [0.4, 0.5) is 10.5 Å². The molecule has 1 N–H and O–H groups in total. The summed E-state index contributed by atoms with van der Waals surface area (Å²) in [5.74, 6) is 0.194. The highest BCUT2D eigenvalue weighted by Crippen LogP contribution is 2.21. The molecule has 126 valence electrons. The molecule has 6 nitrogen and oxygen atoms in total. The van der Waals surface area contributed by atoms with Crippen LogP contribution in [0.5, 0.6) is 0 Å². The summed E-state index contributed by atoms with van der Waals surface area (Å²) in [6.07, 6.45) is 1.48. The molecule has 3 rings (SSSR count). The largest absolute Gasteiger partial charge is 0.459 e. The van der Waals surface area contributed by atoms with E-state index in [9.17, 15) is 9.59 Å². The first-order chi connectivity index (χ1) is 11.5. The second-order valence-electron chi connectivity index (χ2n) is 5.65. The van der Waals surface area contributed by atoms with Crippen molar-refractivity contribution in [1.82, 2.24) is 9.80 Å². The first-order valence-corrected chi connectivity index (χ1v) is 8.49. The van der Waals surface area contributed by atoms with E-state index in [2.05, 4.69) is 21.2 Å². The molecular formula is C17H18BrN3O3. The van der Waals surface area contributed by atoms with Crippen LogP contribution in [0.3, 0.4) is 0 Å². The van der Waals surface area contributed by atoms with E-state index < -0.39 is 0 Å². The van der Waals surface area contributed by atoms with Crippen molar-refractivity contribution in [2.45, 2.75) is 6.92 Å². The number of piperazine rings is 1. The smallest absolute Gasteiger partial charge is 0.321 e. The van der Waals surface area contributed by atoms with E-state index in [0.29, 0.717) is 31.9 Å². The zero-order valence-electron chi connectivity index (χ0n) is 13.3. The summed E-state index contributed by atoms with van der Waals surface area (Å²) in [5, 5.41) is 2.89. The molecule has 24 heavy (non-hydrogen) atoms. The van der Waals surface area contributed by atoms with Crippen molar-refractivity contribution in [3.8, 4) is 0 Å². The number of nitrogens with zero attached hydrogens (tertiary/aromatic N) is 2. The molecule has 1 aromatic heterocycles. The lowest BCUT2D eigenvalue weighted by Gasteiger charge is -2.34. The maximum absolute atomic E-state index is 12.3. The van der Waals surface area contributed by atoms with Gasteiger partial charge < -0.3 is 19.5 Å². The number of halogens is 1. The lowest BCUT2D eigenvalue weighted by molar-refractivity contribution is 0.0640. The maximum Gasteiger partial charge on any atom is 0.321 e. The Kier molecular flexibility index (Phi) is 4.89. The molecule has 1 saturated heterocycles. The van der Waals surface area contributed by atoms with Gasteiger partial charge in [-0.05, 0) is 36.8 Å². The van der Waals surface area contributed by atoms with Crippen molar-refractivity contribution in [2.24, 2.45) is 0 Å². The van der Waals surface area contributed by atoms with Crippen molar-refractivity contribution in [2.75, 3.05) is 31.5 Å². The molecule has 0 bridgehead atoms. The molecular weight excluding hydrogens is 374 g/mol. The number of hydrogen-bond donors (Lipinski definition) is 1. The van der Waals surface area contributed by atoms with Crippen LogP contribution in [0.1, 0.15) is 16.1 Å². The summed E-state index contributed by atoms with van der Waals surface area (Å²) in [6.45, 7) is 3.96. The second-order valence-corrected chi connectivity index (χ2v) is 6.51. The highest BCUT2D eigenvalue weighted by molar-refractivity contribution is 9.10. The number of urea groups is 1. The Hall–Kier alpha value is -2.28. The van der Waals surface area contributed by atoms with Crippen molar-refractivity contribution in [3.05, 3.63) is 52.4 Å². The van der Waals surface area contributed by atoms with Crippen molar-refractivity contribution in [3.63, 3.8) is 0 Å². The van der Waals surface area contributed by atoms with Gasteiger partial charge >= 0.3 is 6.03 Å². The molecule has 0 unspecified atom stereocenters. The van der Waals surface area contributed by atoms with Crippen molar-refractivity contribution < 1.29 is 14.0 Å². The number of benzene rings is 1. The number of amides is 3. The van der Waals surface area contributed by atoms with Crippen molar-refractivity contribution in [1.29, 1.82) is 0 Å². The third kappa shape index (κ3) is 3.62. The fourth-order valence-corrected chi connectivity index (χ4v) is 2.92. The van der Waals surface area contributed by atoms with Crippen molar-refractivity contribution >= 4 is 33.6 Å². The normalized spacial score (nSPS) is 14.6. The monoisotopic (exact) mass is 391 g/mol. The van der Waals surface area contributed by atoms with E-state index >= 15 is 0 Å². The molecule has 0 saturated carbocycles. The summed E-state index contributed by atoms with van der Waals surface area (Å²) in [5.41, 5.74) is 1.85. The predicted octanol–water partition coefficient (Wildman–Crippen LogP) is 3.34. The van der Waals surface area contributed by atoms with Crippen LogP contribution in [-0.2, 0) is 0 Å². The van der Waals surface area contributed by atoms with Crippen LogP contribution in [-0.4, -0.2) is 47.9 Å². The van der Waals surface area contributed by atoms with E-state index in [0.717, 1.165) is 15.7 Å². The van der Waals surface area contributed by atoms with Gasteiger partial charge in [-0.25, -0.2) is 4.79 Å². The Labute approximate surface area is 148 Å². The standard InChI is InChI=1S/C17H18BrN3O3/c1-12-4-5-13(11-14(12)18)19-17(23)21-8-6-20(7-9-21)16(22)15-3-2-10-24-15/h2-5,10-11H,6-9H2,1H3,(H,19,23). The number of carbonyl (C=O) groups is 2. The fraction of sp³-hybridized carbons (Fsp3) is 0.294. The Morgan fingerprint density at radius 1 is 1.12 bits per heavy atom. The summed E-state index contributed by atoms with van der Waals surface area (Å²) >= 11 is 3.46. The van der Waals surface area contributed by atoms with E-state index in [1.54, 1.807) is 21.9 Å². The van der Waals surface area contributed by atoms with Gasteiger partial charge in [0.15, 0.2) is 5.76 Å². The average Bonchev–Trinajstić information content (AvgIpc) is 3.12.